The molecule has 7 nitrogen and oxygen atoms in total. The average Bonchev–Trinajstić information content (AvgIpc) is 3.35. The fourth-order valence-electron chi connectivity index (χ4n) is 5.31. The van der Waals surface area contributed by atoms with Crippen molar-refractivity contribution in [1.82, 2.24) is 20.0 Å². The first kappa shape index (κ1) is 19.6. The van der Waals surface area contributed by atoms with E-state index >= 15 is 0 Å². The largest absolute Gasteiger partial charge is 0.375 e. The van der Waals surface area contributed by atoms with Gasteiger partial charge in [-0.15, -0.1) is 0 Å². The first-order valence-corrected chi connectivity index (χ1v) is 11.2. The van der Waals surface area contributed by atoms with E-state index in [2.05, 4.69) is 50.3 Å². The minimum Gasteiger partial charge on any atom is -0.375 e. The van der Waals surface area contributed by atoms with Crippen LogP contribution >= 0.6 is 0 Å². The van der Waals surface area contributed by atoms with E-state index in [9.17, 15) is 4.79 Å². The molecule has 1 spiro atoms. The lowest BCUT2D eigenvalue weighted by molar-refractivity contribution is -0.130. The van der Waals surface area contributed by atoms with E-state index in [0.717, 1.165) is 71.6 Å². The first-order chi connectivity index (χ1) is 14.7. The highest BCUT2D eigenvalue weighted by Crippen LogP contribution is 2.37. The number of carbonyl (C=O) groups is 1. The number of para-hydroxylation sites is 1. The molecule has 3 fully saturated rings. The highest BCUT2D eigenvalue weighted by molar-refractivity contribution is 5.92. The van der Waals surface area contributed by atoms with Gasteiger partial charge in [0.15, 0.2) is 0 Å². The van der Waals surface area contributed by atoms with Crippen LogP contribution in [0.2, 0.25) is 0 Å². The van der Waals surface area contributed by atoms with E-state index in [1.165, 1.54) is 5.69 Å². The van der Waals surface area contributed by atoms with Crippen molar-refractivity contribution in [2.45, 2.75) is 37.3 Å². The number of piperazine rings is 1. The second-order valence-corrected chi connectivity index (χ2v) is 8.80. The second kappa shape index (κ2) is 8.40. The third-order valence-corrected chi connectivity index (χ3v) is 7.11. The summed E-state index contributed by atoms with van der Waals surface area (Å²) in [5, 5.41) is 6.69. The van der Waals surface area contributed by atoms with Crippen LogP contribution in [-0.2, 0) is 4.74 Å². The number of H-pyrrole nitrogens is 1. The number of amides is 1. The van der Waals surface area contributed by atoms with Crippen LogP contribution in [0, 0.1) is 0 Å². The predicted octanol–water partition coefficient (Wildman–Crippen LogP) is 2.39. The molecule has 1 N–H and O–H groups in total. The number of anilines is 1. The van der Waals surface area contributed by atoms with Crippen molar-refractivity contribution in [2.75, 3.05) is 50.8 Å². The zero-order valence-corrected chi connectivity index (χ0v) is 17.5. The summed E-state index contributed by atoms with van der Waals surface area (Å²) in [6, 6.07) is 13.1. The summed E-state index contributed by atoms with van der Waals surface area (Å²) in [6.07, 6.45) is 5.68. The smallest absolute Gasteiger partial charge is 0.271 e. The molecule has 1 atom stereocenters. The number of benzene rings is 1. The van der Waals surface area contributed by atoms with Crippen molar-refractivity contribution in [3.8, 4) is 0 Å². The molecule has 7 heteroatoms. The van der Waals surface area contributed by atoms with Crippen LogP contribution in [0.25, 0.3) is 0 Å². The van der Waals surface area contributed by atoms with Gasteiger partial charge < -0.3 is 14.5 Å². The van der Waals surface area contributed by atoms with Gasteiger partial charge in [-0.3, -0.25) is 14.8 Å². The highest BCUT2D eigenvalue weighted by Gasteiger charge is 2.43. The quantitative estimate of drug-likeness (QED) is 0.843. The van der Waals surface area contributed by atoms with Crippen molar-refractivity contribution in [3.05, 3.63) is 48.3 Å². The van der Waals surface area contributed by atoms with E-state index in [1.807, 2.05) is 4.90 Å². The summed E-state index contributed by atoms with van der Waals surface area (Å²) in [5.74, 6) is 0.0479. The van der Waals surface area contributed by atoms with Crippen molar-refractivity contribution < 1.29 is 9.53 Å². The third kappa shape index (κ3) is 3.96. The number of likely N-dealkylation sites (tertiary alicyclic amines) is 1. The number of aromatic nitrogens is 2. The monoisotopic (exact) mass is 409 g/mol. The number of hydrogen-bond acceptors (Lipinski definition) is 5. The predicted molar refractivity (Wildman–Crippen MR) is 116 cm³/mol. The van der Waals surface area contributed by atoms with Gasteiger partial charge in [0.2, 0.25) is 0 Å². The Kier molecular flexibility index (Phi) is 5.48. The van der Waals surface area contributed by atoms with Crippen LogP contribution in [0.5, 0.6) is 0 Å². The third-order valence-electron chi connectivity index (χ3n) is 7.11. The molecule has 4 heterocycles. The number of aromatic amines is 1. The SMILES string of the molecule is O=C(c1ccn[nH]1)N1CCC2(CC1)C[C@H](N1CCN(c3ccccc3)CC1)CCO2. The van der Waals surface area contributed by atoms with Crippen LogP contribution in [0.1, 0.15) is 36.2 Å². The van der Waals surface area contributed by atoms with Gasteiger partial charge in [-0.05, 0) is 43.9 Å². The van der Waals surface area contributed by atoms with Gasteiger partial charge in [-0.1, -0.05) is 18.2 Å². The van der Waals surface area contributed by atoms with Crippen LogP contribution in [0.4, 0.5) is 5.69 Å². The van der Waals surface area contributed by atoms with E-state index in [0.29, 0.717) is 11.7 Å². The Morgan fingerprint density at radius 3 is 2.50 bits per heavy atom. The Balaban J connectivity index is 1.15. The van der Waals surface area contributed by atoms with Crippen molar-refractivity contribution in [3.63, 3.8) is 0 Å². The van der Waals surface area contributed by atoms with Gasteiger partial charge in [0, 0.05) is 63.8 Å². The molecule has 3 aliphatic rings. The van der Waals surface area contributed by atoms with Gasteiger partial charge >= 0.3 is 0 Å². The Hall–Kier alpha value is -2.38. The van der Waals surface area contributed by atoms with E-state index in [1.54, 1.807) is 12.3 Å². The fraction of sp³-hybridized carbons (Fsp3) is 0.565. The summed E-state index contributed by atoms with van der Waals surface area (Å²) >= 11 is 0. The zero-order valence-electron chi connectivity index (χ0n) is 17.5. The fourth-order valence-corrected chi connectivity index (χ4v) is 5.31. The molecular weight excluding hydrogens is 378 g/mol. The molecule has 5 rings (SSSR count). The lowest BCUT2D eigenvalue weighted by Gasteiger charge is -2.49. The average molecular weight is 410 g/mol. The molecule has 0 bridgehead atoms. The summed E-state index contributed by atoms with van der Waals surface area (Å²) < 4.78 is 6.34. The number of carbonyl (C=O) groups excluding carboxylic acids is 1. The summed E-state index contributed by atoms with van der Waals surface area (Å²) in [5.41, 5.74) is 1.84. The molecule has 0 unspecified atom stereocenters. The van der Waals surface area contributed by atoms with Gasteiger partial charge in [-0.2, -0.15) is 5.10 Å². The molecule has 1 aromatic carbocycles. The van der Waals surface area contributed by atoms with Crippen molar-refractivity contribution >= 4 is 11.6 Å². The molecule has 0 saturated carbocycles. The minimum absolute atomic E-state index is 0.0479. The van der Waals surface area contributed by atoms with Crippen LogP contribution in [0.3, 0.4) is 0 Å². The minimum atomic E-state index is -0.0652. The Bertz CT molecular complexity index is 825. The van der Waals surface area contributed by atoms with Gasteiger partial charge in [0.05, 0.1) is 5.60 Å². The molecule has 1 aromatic heterocycles. The van der Waals surface area contributed by atoms with Crippen LogP contribution in [-0.4, -0.2) is 83.4 Å². The van der Waals surface area contributed by atoms with Crippen LogP contribution < -0.4 is 4.90 Å². The lowest BCUT2D eigenvalue weighted by Crippen LogP contribution is -2.57. The maximum atomic E-state index is 12.6. The molecular formula is C23H31N5O2. The van der Waals surface area contributed by atoms with E-state index in [4.69, 9.17) is 4.74 Å². The second-order valence-electron chi connectivity index (χ2n) is 8.80. The van der Waals surface area contributed by atoms with Crippen LogP contribution in [0.15, 0.2) is 42.6 Å². The number of hydrogen-bond donors (Lipinski definition) is 1. The molecule has 3 aliphatic heterocycles. The number of rotatable bonds is 3. The molecule has 0 aliphatic carbocycles. The Morgan fingerprint density at radius 1 is 1.03 bits per heavy atom. The maximum absolute atomic E-state index is 12.6. The zero-order chi connectivity index (χ0) is 20.4. The molecule has 160 valence electrons. The molecule has 2 aromatic rings. The van der Waals surface area contributed by atoms with E-state index in [-0.39, 0.29) is 11.5 Å². The normalized spacial score (nSPS) is 24.9. The van der Waals surface area contributed by atoms with E-state index < -0.39 is 0 Å². The van der Waals surface area contributed by atoms with Crippen molar-refractivity contribution in [2.24, 2.45) is 0 Å². The summed E-state index contributed by atoms with van der Waals surface area (Å²) in [6.45, 7) is 6.73. The number of nitrogens with zero attached hydrogens (tertiary/aromatic N) is 4. The molecule has 1 amide bonds. The topological polar surface area (TPSA) is 64.7 Å². The molecule has 3 saturated heterocycles. The first-order valence-electron chi connectivity index (χ1n) is 11.2. The lowest BCUT2D eigenvalue weighted by atomic mass is 9.81. The number of piperidine rings is 1. The molecule has 0 radical (unpaired) electrons. The van der Waals surface area contributed by atoms with Gasteiger partial charge in [0.25, 0.3) is 5.91 Å². The Morgan fingerprint density at radius 2 is 1.80 bits per heavy atom. The standard InChI is InChI=1S/C23H31N5O2/c29-22(21-6-10-24-25-21)28-11-8-23(9-12-28)18-20(7-17-30-23)27-15-13-26(14-16-27)19-4-2-1-3-5-19/h1-6,10,20H,7-9,11-18H2,(H,24,25)/t20-/m1/s1. The summed E-state index contributed by atoms with van der Waals surface area (Å²) in [4.78, 5) is 19.7. The van der Waals surface area contributed by atoms with Gasteiger partial charge in [0.1, 0.15) is 5.69 Å². The number of ether oxygens (including phenoxy) is 1. The molecule has 30 heavy (non-hydrogen) atoms. The number of nitrogens with one attached hydrogen (secondary N) is 1. The summed E-state index contributed by atoms with van der Waals surface area (Å²) in [7, 11) is 0. The van der Waals surface area contributed by atoms with Crippen molar-refractivity contribution in [1.29, 1.82) is 0 Å². The highest BCUT2D eigenvalue weighted by atomic mass is 16.5. The maximum Gasteiger partial charge on any atom is 0.271 e. The Labute approximate surface area is 178 Å². The van der Waals surface area contributed by atoms with Gasteiger partial charge in [-0.25, -0.2) is 0 Å².